The lowest BCUT2D eigenvalue weighted by Crippen LogP contribution is -2.50. The molecule has 2 amide bonds. The Morgan fingerprint density at radius 2 is 2.09 bits per heavy atom. The monoisotopic (exact) mass is 300 g/mol. The number of hydrogen-bond acceptors (Lipinski definition) is 2. The molecule has 4 nitrogen and oxygen atoms in total. The minimum absolute atomic E-state index is 0.0540. The van der Waals surface area contributed by atoms with E-state index in [2.05, 4.69) is 41.8 Å². The van der Waals surface area contributed by atoms with E-state index < -0.39 is 0 Å². The summed E-state index contributed by atoms with van der Waals surface area (Å²) < 4.78 is 0. The predicted octanol–water partition coefficient (Wildman–Crippen LogP) is 2.41. The molecule has 1 aromatic carbocycles. The van der Waals surface area contributed by atoms with Crippen molar-refractivity contribution >= 4 is 11.8 Å². The van der Waals surface area contributed by atoms with Crippen molar-refractivity contribution in [2.45, 2.75) is 51.0 Å². The molecule has 2 fully saturated rings. The fourth-order valence-corrected chi connectivity index (χ4v) is 3.70. The maximum absolute atomic E-state index is 12.7. The van der Waals surface area contributed by atoms with Gasteiger partial charge in [-0.2, -0.15) is 0 Å². The first-order valence-electron chi connectivity index (χ1n) is 8.25. The van der Waals surface area contributed by atoms with E-state index in [9.17, 15) is 9.59 Å². The summed E-state index contributed by atoms with van der Waals surface area (Å²) in [5.74, 6) is 0.0432. The highest BCUT2D eigenvalue weighted by molar-refractivity contribution is 5.84. The van der Waals surface area contributed by atoms with Crippen molar-refractivity contribution < 1.29 is 9.59 Å². The van der Waals surface area contributed by atoms with Gasteiger partial charge in [-0.05, 0) is 31.7 Å². The Bertz CT molecular complexity index is 566. The third kappa shape index (κ3) is 3.01. The van der Waals surface area contributed by atoms with Crippen LogP contribution in [0.5, 0.6) is 0 Å². The molecule has 0 aromatic heterocycles. The number of rotatable bonds is 3. The fourth-order valence-electron chi connectivity index (χ4n) is 3.70. The van der Waals surface area contributed by atoms with Crippen LogP contribution in [0.2, 0.25) is 0 Å². The zero-order valence-corrected chi connectivity index (χ0v) is 13.2. The minimum Gasteiger partial charge on any atom is -0.355 e. The second-order valence-corrected chi connectivity index (χ2v) is 6.69. The molecule has 0 radical (unpaired) electrons. The van der Waals surface area contributed by atoms with Crippen molar-refractivity contribution in [3.05, 3.63) is 35.4 Å². The molecule has 22 heavy (non-hydrogen) atoms. The van der Waals surface area contributed by atoms with Gasteiger partial charge in [0, 0.05) is 13.0 Å². The van der Waals surface area contributed by atoms with Crippen LogP contribution in [-0.2, 0) is 15.1 Å². The number of carbonyl (C=O) groups is 2. The Labute approximate surface area is 131 Å². The number of benzene rings is 1. The van der Waals surface area contributed by atoms with Crippen LogP contribution in [0.25, 0.3) is 0 Å². The lowest BCUT2D eigenvalue weighted by atomic mass is 9.86. The summed E-state index contributed by atoms with van der Waals surface area (Å²) in [6.07, 6.45) is 5.41. The molecular formula is C18H24N2O2. The van der Waals surface area contributed by atoms with Crippen LogP contribution < -0.4 is 10.6 Å². The molecule has 1 saturated carbocycles. The van der Waals surface area contributed by atoms with Gasteiger partial charge in [-0.15, -0.1) is 0 Å². The van der Waals surface area contributed by atoms with E-state index in [1.165, 1.54) is 11.1 Å². The normalized spacial score (nSPS) is 23.9. The summed E-state index contributed by atoms with van der Waals surface area (Å²) in [7, 11) is 0. The van der Waals surface area contributed by atoms with Crippen molar-refractivity contribution in [3.8, 4) is 0 Å². The van der Waals surface area contributed by atoms with Crippen LogP contribution in [0.15, 0.2) is 24.3 Å². The Morgan fingerprint density at radius 3 is 2.73 bits per heavy atom. The standard InChI is InChI=1S/C18H24N2O2/c1-13-5-4-6-15(11-13)18(9-2-3-10-18)20-17(22)14-7-8-16(21)19-12-14/h4-6,11,14H,2-3,7-10,12H2,1H3,(H,19,21)(H,20,22). The molecular weight excluding hydrogens is 276 g/mol. The summed E-state index contributed by atoms with van der Waals surface area (Å²) in [5, 5.41) is 6.13. The third-order valence-corrected chi connectivity index (χ3v) is 5.03. The second-order valence-electron chi connectivity index (χ2n) is 6.69. The molecule has 4 heteroatoms. The van der Waals surface area contributed by atoms with Crippen molar-refractivity contribution in [1.29, 1.82) is 0 Å². The van der Waals surface area contributed by atoms with Gasteiger partial charge >= 0.3 is 0 Å². The lowest BCUT2D eigenvalue weighted by molar-refractivity contribution is -0.130. The third-order valence-electron chi connectivity index (χ3n) is 5.03. The number of nitrogens with one attached hydrogen (secondary N) is 2. The zero-order chi connectivity index (χ0) is 15.6. The van der Waals surface area contributed by atoms with Gasteiger partial charge in [0.05, 0.1) is 11.5 Å². The highest BCUT2D eigenvalue weighted by Gasteiger charge is 2.39. The highest BCUT2D eigenvalue weighted by atomic mass is 16.2. The Kier molecular flexibility index (Phi) is 4.19. The maximum atomic E-state index is 12.7. The molecule has 2 N–H and O–H groups in total. The van der Waals surface area contributed by atoms with Gasteiger partial charge in [0.25, 0.3) is 0 Å². The number of aryl methyl sites for hydroxylation is 1. The molecule has 1 aromatic rings. The number of hydrogen-bond donors (Lipinski definition) is 2. The van der Waals surface area contributed by atoms with Crippen LogP contribution in [0.1, 0.15) is 49.7 Å². The Balaban J connectivity index is 1.77. The highest BCUT2D eigenvalue weighted by Crippen LogP contribution is 2.39. The number of carbonyl (C=O) groups excluding carboxylic acids is 2. The molecule has 0 spiro atoms. The molecule has 1 aliphatic heterocycles. The SMILES string of the molecule is Cc1cccc(C2(NC(=O)C3CCC(=O)NC3)CCCC2)c1. The van der Waals surface area contributed by atoms with Gasteiger partial charge in [-0.1, -0.05) is 42.7 Å². The van der Waals surface area contributed by atoms with Crippen molar-refractivity contribution in [2.75, 3.05) is 6.54 Å². The van der Waals surface area contributed by atoms with E-state index in [1.54, 1.807) is 0 Å². The van der Waals surface area contributed by atoms with Crippen molar-refractivity contribution in [1.82, 2.24) is 10.6 Å². The number of piperidine rings is 1. The van der Waals surface area contributed by atoms with E-state index in [4.69, 9.17) is 0 Å². The van der Waals surface area contributed by atoms with Crippen molar-refractivity contribution in [2.24, 2.45) is 5.92 Å². The molecule has 3 rings (SSSR count). The molecule has 1 unspecified atom stereocenters. The second kappa shape index (κ2) is 6.11. The van der Waals surface area contributed by atoms with Crippen molar-refractivity contribution in [3.63, 3.8) is 0 Å². The first-order valence-corrected chi connectivity index (χ1v) is 8.25. The Hall–Kier alpha value is -1.84. The number of amides is 2. The van der Waals surface area contributed by atoms with Gasteiger partial charge < -0.3 is 10.6 Å². The molecule has 1 aliphatic carbocycles. The molecule has 1 saturated heterocycles. The average molecular weight is 300 g/mol. The van der Waals surface area contributed by atoms with Crippen LogP contribution in [0.4, 0.5) is 0 Å². The summed E-state index contributed by atoms with van der Waals surface area (Å²) >= 11 is 0. The fraction of sp³-hybridized carbons (Fsp3) is 0.556. The molecule has 1 heterocycles. The van der Waals surface area contributed by atoms with Gasteiger partial charge in [0.1, 0.15) is 0 Å². The van der Waals surface area contributed by atoms with E-state index in [0.717, 1.165) is 25.7 Å². The quantitative estimate of drug-likeness (QED) is 0.900. The maximum Gasteiger partial charge on any atom is 0.225 e. The molecule has 118 valence electrons. The molecule has 0 bridgehead atoms. The summed E-state index contributed by atoms with van der Waals surface area (Å²) in [6.45, 7) is 2.55. The summed E-state index contributed by atoms with van der Waals surface area (Å²) in [6, 6.07) is 8.47. The van der Waals surface area contributed by atoms with Gasteiger partial charge in [-0.3, -0.25) is 9.59 Å². The lowest BCUT2D eigenvalue weighted by Gasteiger charge is -2.34. The first-order chi connectivity index (χ1) is 10.6. The summed E-state index contributed by atoms with van der Waals surface area (Å²) in [4.78, 5) is 23.9. The van der Waals surface area contributed by atoms with E-state index in [-0.39, 0.29) is 23.3 Å². The largest absolute Gasteiger partial charge is 0.355 e. The van der Waals surface area contributed by atoms with Gasteiger partial charge in [-0.25, -0.2) is 0 Å². The van der Waals surface area contributed by atoms with E-state index >= 15 is 0 Å². The Morgan fingerprint density at radius 1 is 1.32 bits per heavy atom. The zero-order valence-electron chi connectivity index (χ0n) is 13.2. The topological polar surface area (TPSA) is 58.2 Å². The van der Waals surface area contributed by atoms with Gasteiger partial charge in [0.2, 0.25) is 11.8 Å². The van der Waals surface area contributed by atoms with Crippen LogP contribution in [0.3, 0.4) is 0 Å². The molecule has 1 atom stereocenters. The minimum atomic E-state index is -0.218. The van der Waals surface area contributed by atoms with Crippen LogP contribution in [0, 0.1) is 12.8 Å². The predicted molar refractivity (Wildman–Crippen MR) is 85.2 cm³/mol. The van der Waals surface area contributed by atoms with Crippen LogP contribution >= 0.6 is 0 Å². The van der Waals surface area contributed by atoms with E-state index in [0.29, 0.717) is 19.4 Å². The first kappa shape index (κ1) is 15.1. The van der Waals surface area contributed by atoms with Gasteiger partial charge in [0.15, 0.2) is 0 Å². The van der Waals surface area contributed by atoms with E-state index in [1.807, 2.05) is 0 Å². The van der Waals surface area contributed by atoms with Crippen LogP contribution in [-0.4, -0.2) is 18.4 Å². The smallest absolute Gasteiger partial charge is 0.225 e. The molecule has 2 aliphatic rings. The average Bonchev–Trinajstić information content (AvgIpc) is 2.97. The summed E-state index contributed by atoms with van der Waals surface area (Å²) in [5.41, 5.74) is 2.23.